The number of nitrogens with zero attached hydrogens (tertiary/aromatic N) is 4. The number of amides is 1. The highest BCUT2D eigenvalue weighted by molar-refractivity contribution is 5.99. The van der Waals surface area contributed by atoms with E-state index in [2.05, 4.69) is 29.1 Å². The molecular formula is C20H25N5O2. The number of benzene rings is 1. The minimum Gasteiger partial charge on any atom is -0.378 e. The summed E-state index contributed by atoms with van der Waals surface area (Å²) in [6.45, 7) is 6.07. The maximum absolute atomic E-state index is 13.0. The van der Waals surface area contributed by atoms with Gasteiger partial charge in [-0.2, -0.15) is 0 Å². The van der Waals surface area contributed by atoms with E-state index in [1.807, 2.05) is 34.0 Å². The summed E-state index contributed by atoms with van der Waals surface area (Å²) in [5.74, 6) is 0.104. The summed E-state index contributed by atoms with van der Waals surface area (Å²) >= 11 is 0. The Hall–Kier alpha value is -2.67. The van der Waals surface area contributed by atoms with Crippen molar-refractivity contribution in [1.82, 2.24) is 24.9 Å². The van der Waals surface area contributed by atoms with Crippen LogP contribution in [-0.4, -0.2) is 51.0 Å². The van der Waals surface area contributed by atoms with Gasteiger partial charge >= 0.3 is 0 Å². The molecule has 27 heavy (non-hydrogen) atoms. The summed E-state index contributed by atoms with van der Waals surface area (Å²) < 4.78 is 7.01. The summed E-state index contributed by atoms with van der Waals surface area (Å²) in [6, 6.07) is 6.21. The van der Waals surface area contributed by atoms with E-state index in [0.717, 1.165) is 53.8 Å². The lowest BCUT2D eigenvalue weighted by atomic mass is 10.0. The Balaban J connectivity index is 1.44. The first kappa shape index (κ1) is 17.7. The van der Waals surface area contributed by atoms with Crippen molar-refractivity contribution in [2.45, 2.75) is 39.3 Å². The van der Waals surface area contributed by atoms with Crippen molar-refractivity contribution in [1.29, 1.82) is 0 Å². The third-order valence-corrected chi connectivity index (χ3v) is 5.53. The van der Waals surface area contributed by atoms with Crippen LogP contribution in [0.3, 0.4) is 0 Å². The molecule has 3 aromatic rings. The van der Waals surface area contributed by atoms with E-state index in [0.29, 0.717) is 6.61 Å². The van der Waals surface area contributed by atoms with Crippen LogP contribution in [-0.2, 0) is 11.3 Å². The van der Waals surface area contributed by atoms with Gasteiger partial charge in [0.15, 0.2) is 0 Å². The van der Waals surface area contributed by atoms with Crippen molar-refractivity contribution in [3.8, 4) is 0 Å². The lowest BCUT2D eigenvalue weighted by Crippen LogP contribution is -2.39. The topological polar surface area (TPSA) is 76.0 Å². The Bertz CT molecular complexity index is 966. The molecule has 1 fully saturated rings. The average molecular weight is 367 g/mol. The highest BCUT2D eigenvalue weighted by Gasteiger charge is 2.25. The zero-order chi connectivity index (χ0) is 19.0. The third kappa shape index (κ3) is 3.35. The molecule has 7 nitrogen and oxygen atoms in total. The molecule has 0 saturated carbocycles. The number of aromatic nitrogens is 4. The molecule has 2 aromatic heterocycles. The van der Waals surface area contributed by atoms with Crippen molar-refractivity contribution in [2.24, 2.45) is 0 Å². The minimum absolute atomic E-state index is 0.104. The Morgan fingerprint density at radius 3 is 2.81 bits per heavy atom. The van der Waals surface area contributed by atoms with Gasteiger partial charge in [0.25, 0.3) is 5.91 Å². The molecule has 1 saturated heterocycles. The molecule has 1 aliphatic rings. The van der Waals surface area contributed by atoms with E-state index in [4.69, 9.17) is 4.74 Å². The molecule has 3 heterocycles. The van der Waals surface area contributed by atoms with Gasteiger partial charge < -0.3 is 14.6 Å². The first-order chi connectivity index (χ1) is 13.1. The summed E-state index contributed by atoms with van der Waals surface area (Å²) in [5, 5.41) is 9.47. The van der Waals surface area contributed by atoms with Crippen molar-refractivity contribution in [2.75, 3.05) is 20.2 Å². The lowest BCUT2D eigenvalue weighted by molar-refractivity contribution is 0.0689. The number of aryl methyl sites for hydroxylation is 2. The van der Waals surface area contributed by atoms with E-state index in [-0.39, 0.29) is 11.9 Å². The quantitative estimate of drug-likeness (QED) is 0.769. The molecule has 0 aliphatic carbocycles. The summed E-state index contributed by atoms with van der Waals surface area (Å²) in [5.41, 5.74) is 5.03. The number of fused-ring (bicyclic) bond motifs is 1. The van der Waals surface area contributed by atoms with Crippen LogP contribution in [0.1, 0.15) is 46.2 Å². The molecule has 0 bridgehead atoms. The summed E-state index contributed by atoms with van der Waals surface area (Å²) in [6.07, 6.45) is 3.70. The molecule has 1 amide bonds. The molecule has 0 unspecified atom stereocenters. The Labute approximate surface area is 158 Å². The summed E-state index contributed by atoms with van der Waals surface area (Å²) in [4.78, 5) is 18.3. The van der Waals surface area contributed by atoms with Gasteiger partial charge in [-0.1, -0.05) is 5.21 Å². The van der Waals surface area contributed by atoms with Gasteiger partial charge in [-0.05, 0) is 50.5 Å². The number of carbonyl (C=O) groups excluding carboxylic acids is 1. The third-order valence-electron chi connectivity index (χ3n) is 5.53. The van der Waals surface area contributed by atoms with Crippen molar-refractivity contribution in [3.05, 3.63) is 46.9 Å². The van der Waals surface area contributed by atoms with Crippen LogP contribution in [0.2, 0.25) is 0 Å². The molecule has 0 spiro atoms. The highest BCUT2D eigenvalue weighted by Crippen LogP contribution is 2.26. The van der Waals surface area contributed by atoms with Gasteiger partial charge in [-0.15, -0.1) is 5.10 Å². The number of rotatable bonds is 4. The van der Waals surface area contributed by atoms with Crippen LogP contribution in [0, 0.1) is 13.8 Å². The largest absolute Gasteiger partial charge is 0.378 e. The van der Waals surface area contributed by atoms with Gasteiger partial charge in [0.1, 0.15) is 5.69 Å². The molecule has 1 aromatic carbocycles. The first-order valence-corrected chi connectivity index (χ1v) is 9.34. The van der Waals surface area contributed by atoms with Gasteiger partial charge in [0.05, 0.1) is 18.8 Å². The van der Waals surface area contributed by atoms with Crippen LogP contribution in [0.4, 0.5) is 0 Å². The molecule has 0 atom stereocenters. The molecule has 0 radical (unpaired) electrons. The van der Waals surface area contributed by atoms with E-state index in [9.17, 15) is 4.79 Å². The number of carbonyl (C=O) groups is 1. The highest BCUT2D eigenvalue weighted by atomic mass is 16.5. The summed E-state index contributed by atoms with van der Waals surface area (Å²) in [7, 11) is 1.65. The Morgan fingerprint density at radius 2 is 2.07 bits per heavy atom. The molecule has 142 valence electrons. The monoisotopic (exact) mass is 367 g/mol. The van der Waals surface area contributed by atoms with Crippen LogP contribution in [0.5, 0.6) is 0 Å². The Kier molecular flexibility index (Phi) is 4.70. The van der Waals surface area contributed by atoms with Crippen LogP contribution in [0.25, 0.3) is 10.9 Å². The SMILES string of the molecule is COCc1cn(C2CCN(C(=O)c3ccc4[nH]c(C)c(C)c4c3)CC2)nn1. The number of H-pyrrole nitrogens is 1. The number of likely N-dealkylation sites (tertiary alicyclic amines) is 1. The maximum Gasteiger partial charge on any atom is 0.253 e. The first-order valence-electron chi connectivity index (χ1n) is 9.34. The number of methoxy groups -OCH3 is 1. The molecule has 1 N–H and O–H groups in total. The van der Waals surface area contributed by atoms with E-state index < -0.39 is 0 Å². The van der Waals surface area contributed by atoms with Crippen molar-refractivity contribution < 1.29 is 9.53 Å². The normalized spacial score (nSPS) is 15.6. The van der Waals surface area contributed by atoms with Crippen LogP contribution < -0.4 is 0 Å². The van der Waals surface area contributed by atoms with Gasteiger partial charge in [-0.3, -0.25) is 4.79 Å². The van der Waals surface area contributed by atoms with Crippen molar-refractivity contribution >= 4 is 16.8 Å². The predicted molar refractivity (Wildman–Crippen MR) is 103 cm³/mol. The molecule has 4 rings (SSSR count). The van der Waals surface area contributed by atoms with Crippen LogP contribution >= 0.6 is 0 Å². The minimum atomic E-state index is 0.104. The zero-order valence-corrected chi connectivity index (χ0v) is 16.0. The lowest BCUT2D eigenvalue weighted by Gasteiger charge is -2.32. The average Bonchev–Trinajstić information content (AvgIpc) is 3.26. The Morgan fingerprint density at radius 1 is 1.30 bits per heavy atom. The second-order valence-electron chi connectivity index (χ2n) is 7.28. The number of hydrogen-bond donors (Lipinski definition) is 1. The smallest absolute Gasteiger partial charge is 0.253 e. The second-order valence-corrected chi connectivity index (χ2v) is 7.28. The fourth-order valence-corrected chi connectivity index (χ4v) is 3.82. The number of aromatic amines is 1. The molecular weight excluding hydrogens is 342 g/mol. The molecule has 7 heteroatoms. The van der Waals surface area contributed by atoms with Gasteiger partial charge in [-0.25, -0.2) is 4.68 Å². The van der Waals surface area contributed by atoms with E-state index >= 15 is 0 Å². The standard InChI is InChI=1S/C20H25N5O2/c1-13-14(2)21-19-5-4-15(10-18(13)19)20(26)24-8-6-17(7-9-24)25-11-16(12-27-3)22-23-25/h4-5,10-11,17,21H,6-9,12H2,1-3H3. The predicted octanol–water partition coefficient (Wildman–Crippen LogP) is 3.00. The number of hydrogen-bond acceptors (Lipinski definition) is 4. The zero-order valence-electron chi connectivity index (χ0n) is 16.0. The van der Waals surface area contributed by atoms with E-state index in [1.165, 1.54) is 5.56 Å². The fraction of sp³-hybridized carbons (Fsp3) is 0.450. The van der Waals surface area contributed by atoms with Gasteiger partial charge in [0.2, 0.25) is 0 Å². The van der Waals surface area contributed by atoms with Gasteiger partial charge in [0, 0.05) is 42.4 Å². The van der Waals surface area contributed by atoms with Crippen molar-refractivity contribution in [3.63, 3.8) is 0 Å². The number of nitrogens with one attached hydrogen (secondary N) is 1. The second kappa shape index (κ2) is 7.15. The number of ether oxygens (including phenoxy) is 1. The fourth-order valence-electron chi connectivity index (χ4n) is 3.82. The van der Waals surface area contributed by atoms with E-state index in [1.54, 1.807) is 7.11 Å². The van der Waals surface area contributed by atoms with Crippen LogP contribution in [0.15, 0.2) is 24.4 Å². The molecule has 1 aliphatic heterocycles. The number of piperidine rings is 1. The maximum atomic E-state index is 13.0.